The van der Waals surface area contributed by atoms with E-state index < -0.39 is 11.9 Å². The van der Waals surface area contributed by atoms with E-state index >= 15 is 0 Å². The van der Waals surface area contributed by atoms with Gasteiger partial charge in [0.25, 0.3) is 5.91 Å². The Morgan fingerprint density at radius 3 is 2.76 bits per heavy atom. The average molecular weight is 291 g/mol. The van der Waals surface area contributed by atoms with Gasteiger partial charge in [0.15, 0.2) is 6.61 Å². The van der Waals surface area contributed by atoms with Crippen molar-refractivity contribution in [3.05, 3.63) is 29.8 Å². The smallest absolute Gasteiger partial charge is 0.308 e. The quantitative estimate of drug-likeness (QED) is 0.898. The number of amides is 1. The normalized spacial score (nSPS) is 21.3. The van der Waals surface area contributed by atoms with E-state index in [0.29, 0.717) is 12.3 Å². The standard InChI is InChI=1S/C16H21NO4/c1-3-12-5-4-6-13(7-12)21-10-15(18)17-8-11(2)14(9-17)16(19)20/h4-7,11,14H,3,8-10H2,1-2H3,(H,19,20)/t11-,14-/m1/s1. The third kappa shape index (κ3) is 3.74. The van der Waals surface area contributed by atoms with Crippen molar-refractivity contribution in [2.24, 2.45) is 11.8 Å². The van der Waals surface area contributed by atoms with E-state index in [-0.39, 0.29) is 25.0 Å². The van der Waals surface area contributed by atoms with E-state index in [2.05, 4.69) is 6.92 Å². The van der Waals surface area contributed by atoms with Gasteiger partial charge in [-0.3, -0.25) is 9.59 Å². The predicted molar refractivity (Wildman–Crippen MR) is 78.2 cm³/mol. The predicted octanol–water partition coefficient (Wildman–Crippen LogP) is 1.81. The molecule has 114 valence electrons. The van der Waals surface area contributed by atoms with Gasteiger partial charge in [-0.25, -0.2) is 0 Å². The van der Waals surface area contributed by atoms with Crippen LogP contribution in [0.2, 0.25) is 0 Å². The number of carbonyl (C=O) groups is 2. The molecule has 0 bridgehead atoms. The highest BCUT2D eigenvalue weighted by atomic mass is 16.5. The van der Waals surface area contributed by atoms with Gasteiger partial charge in [0.1, 0.15) is 5.75 Å². The van der Waals surface area contributed by atoms with E-state index in [0.717, 1.165) is 12.0 Å². The average Bonchev–Trinajstić information content (AvgIpc) is 2.87. The maximum atomic E-state index is 12.1. The Bertz CT molecular complexity index is 529. The molecule has 1 heterocycles. The molecule has 1 N–H and O–H groups in total. The Morgan fingerprint density at radius 2 is 2.14 bits per heavy atom. The number of likely N-dealkylation sites (tertiary alicyclic amines) is 1. The van der Waals surface area contributed by atoms with Crippen molar-refractivity contribution in [2.75, 3.05) is 19.7 Å². The first kappa shape index (κ1) is 15.4. The first-order chi connectivity index (χ1) is 10.0. The van der Waals surface area contributed by atoms with Crippen LogP contribution in [0.1, 0.15) is 19.4 Å². The molecule has 1 saturated heterocycles. The number of rotatable bonds is 5. The molecule has 0 radical (unpaired) electrons. The lowest BCUT2D eigenvalue weighted by atomic mass is 9.99. The maximum Gasteiger partial charge on any atom is 0.308 e. The molecule has 5 heteroatoms. The molecule has 1 aromatic rings. The molecular weight excluding hydrogens is 270 g/mol. The fraction of sp³-hybridized carbons (Fsp3) is 0.500. The van der Waals surface area contributed by atoms with Crippen LogP contribution < -0.4 is 4.74 Å². The van der Waals surface area contributed by atoms with E-state index in [4.69, 9.17) is 9.84 Å². The van der Waals surface area contributed by atoms with Crippen molar-refractivity contribution in [3.8, 4) is 5.75 Å². The van der Waals surface area contributed by atoms with Crippen LogP contribution in [0.3, 0.4) is 0 Å². The minimum Gasteiger partial charge on any atom is -0.484 e. The van der Waals surface area contributed by atoms with E-state index in [9.17, 15) is 9.59 Å². The second kappa shape index (κ2) is 6.61. The summed E-state index contributed by atoms with van der Waals surface area (Å²) in [5.74, 6) is -0.821. The molecule has 0 aliphatic carbocycles. The number of nitrogens with zero attached hydrogens (tertiary/aromatic N) is 1. The van der Waals surface area contributed by atoms with E-state index in [1.807, 2.05) is 31.2 Å². The molecule has 0 saturated carbocycles. The van der Waals surface area contributed by atoms with E-state index in [1.165, 1.54) is 0 Å². The zero-order valence-electron chi connectivity index (χ0n) is 12.4. The number of hydrogen-bond donors (Lipinski definition) is 1. The highest BCUT2D eigenvalue weighted by molar-refractivity contribution is 5.80. The summed E-state index contributed by atoms with van der Waals surface area (Å²) in [7, 11) is 0. The summed E-state index contributed by atoms with van der Waals surface area (Å²) in [6, 6.07) is 7.64. The summed E-state index contributed by atoms with van der Waals surface area (Å²) in [5, 5.41) is 9.08. The monoisotopic (exact) mass is 291 g/mol. The lowest BCUT2D eigenvalue weighted by molar-refractivity contribution is -0.142. The number of carboxylic acids is 1. The van der Waals surface area contributed by atoms with Gasteiger partial charge >= 0.3 is 5.97 Å². The maximum absolute atomic E-state index is 12.1. The van der Waals surface area contributed by atoms with Gasteiger partial charge in [-0.1, -0.05) is 26.0 Å². The molecule has 21 heavy (non-hydrogen) atoms. The van der Waals surface area contributed by atoms with Crippen LogP contribution in [0, 0.1) is 11.8 Å². The fourth-order valence-corrected chi connectivity index (χ4v) is 2.58. The number of benzene rings is 1. The minimum absolute atomic E-state index is 0.0186. The molecule has 1 fully saturated rings. The number of ether oxygens (including phenoxy) is 1. The molecule has 1 aromatic carbocycles. The van der Waals surface area contributed by atoms with Crippen molar-refractivity contribution < 1.29 is 19.4 Å². The van der Waals surface area contributed by atoms with Crippen molar-refractivity contribution in [1.29, 1.82) is 0 Å². The number of hydrogen-bond acceptors (Lipinski definition) is 3. The Kier molecular flexibility index (Phi) is 4.83. The van der Waals surface area contributed by atoms with E-state index in [1.54, 1.807) is 4.90 Å². The summed E-state index contributed by atoms with van der Waals surface area (Å²) in [6.07, 6.45) is 0.912. The van der Waals surface area contributed by atoms with Gasteiger partial charge in [-0.2, -0.15) is 0 Å². The SMILES string of the molecule is CCc1cccc(OCC(=O)N2C[C@@H](C)[C@H](C(=O)O)C2)c1. The minimum atomic E-state index is -0.839. The number of aryl methyl sites for hydroxylation is 1. The Morgan fingerprint density at radius 1 is 1.38 bits per heavy atom. The van der Waals surface area contributed by atoms with Crippen LogP contribution in [0.25, 0.3) is 0 Å². The van der Waals surface area contributed by atoms with Crippen LogP contribution in [-0.2, 0) is 16.0 Å². The van der Waals surface area contributed by atoms with Gasteiger partial charge in [-0.15, -0.1) is 0 Å². The van der Waals surface area contributed by atoms with Crippen molar-refractivity contribution >= 4 is 11.9 Å². The molecular formula is C16H21NO4. The summed E-state index contributed by atoms with van der Waals surface area (Å²) in [5.41, 5.74) is 1.15. The van der Waals surface area contributed by atoms with Gasteiger partial charge < -0.3 is 14.7 Å². The van der Waals surface area contributed by atoms with Gasteiger partial charge in [0.2, 0.25) is 0 Å². The first-order valence-electron chi connectivity index (χ1n) is 7.23. The highest BCUT2D eigenvalue weighted by Crippen LogP contribution is 2.23. The number of aliphatic carboxylic acids is 1. The largest absolute Gasteiger partial charge is 0.484 e. The molecule has 1 aliphatic heterocycles. The second-order valence-corrected chi connectivity index (χ2v) is 5.51. The van der Waals surface area contributed by atoms with Crippen molar-refractivity contribution in [2.45, 2.75) is 20.3 Å². The van der Waals surface area contributed by atoms with Crippen molar-refractivity contribution in [1.82, 2.24) is 4.90 Å². The third-order valence-corrected chi connectivity index (χ3v) is 3.95. The molecule has 1 aliphatic rings. The molecule has 0 unspecified atom stereocenters. The summed E-state index contributed by atoms with van der Waals surface area (Å²) >= 11 is 0. The van der Waals surface area contributed by atoms with Crippen LogP contribution in [0.4, 0.5) is 0 Å². The first-order valence-corrected chi connectivity index (χ1v) is 7.23. The molecule has 2 rings (SSSR count). The lowest BCUT2D eigenvalue weighted by Gasteiger charge is -2.16. The fourth-order valence-electron chi connectivity index (χ4n) is 2.58. The van der Waals surface area contributed by atoms with Crippen LogP contribution >= 0.6 is 0 Å². The van der Waals surface area contributed by atoms with Crippen molar-refractivity contribution in [3.63, 3.8) is 0 Å². The molecule has 0 spiro atoms. The van der Waals surface area contributed by atoms with Gasteiger partial charge in [0, 0.05) is 13.1 Å². The number of carboxylic acid groups (broad SMARTS) is 1. The van der Waals surface area contributed by atoms with Gasteiger partial charge in [0.05, 0.1) is 5.92 Å². The molecule has 0 aromatic heterocycles. The number of carbonyl (C=O) groups excluding carboxylic acids is 1. The van der Waals surface area contributed by atoms with Crippen LogP contribution in [-0.4, -0.2) is 41.6 Å². The van der Waals surface area contributed by atoms with Gasteiger partial charge in [-0.05, 0) is 30.0 Å². The zero-order chi connectivity index (χ0) is 15.4. The Balaban J connectivity index is 1.89. The summed E-state index contributed by atoms with van der Waals surface area (Å²) in [6.45, 7) is 4.62. The molecule has 2 atom stereocenters. The summed E-state index contributed by atoms with van der Waals surface area (Å²) in [4.78, 5) is 24.7. The lowest BCUT2D eigenvalue weighted by Crippen LogP contribution is -2.33. The van der Waals surface area contributed by atoms with Crippen LogP contribution in [0.15, 0.2) is 24.3 Å². The highest BCUT2D eigenvalue weighted by Gasteiger charge is 2.36. The molecule has 5 nitrogen and oxygen atoms in total. The topological polar surface area (TPSA) is 66.8 Å². The Labute approximate surface area is 124 Å². The van der Waals surface area contributed by atoms with Crippen LogP contribution in [0.5, 0.6) is 5.75 Å². The third-order valence-electron chi connectivity index (χ3n) is 3.95. The zero-order valence-corrected chi connectivity index (χ0v) is 12.4. The Hall–Kier alpha value is -2.04. The molecule has 1 amide bonds. The summed E-state index contributed by atoms with van der Waals surface area (Å²) < 4.78 is 5.52. The second-order valence-electron chi connectivity index (χ2n) is 5.51.